The van der Waals surface area contributed by atoms with E-state index in [1.165, 1.54) is 0 Å². The maximum Gasteiger partial charge on any atom is 0.410 e. The number of carbonyl (C=O) groups is 1. The molecule has 156 valence electrons. The van der Waals surface area contributed by atoms with E-state index in [0.29, 0.717) is 32.1 Å². The van der Waals surface area contributed by atoms with Crippen LogP contribution in [0.2, 0.25) is 0 Å². The van der Waals surface area contributed by atoms with Crippen molar-refractivity contribution in [2.75, 3.05) is 31.1 Å². The number of anilines is 1. The zero-order valence-corrected chi connectivity index (χ0v) is 16.5. The average Bonchev–Trinajstić information content (AvgIpc) is 2.67. The zero-order chi connectivity index (χ0) is 21.2. The first-order valence-corrected chi connectivity index (χ1v) is 9.25. The first-order valence-electron chi connectivity index (χ1n) is 9.25. The molecule has 3 rings (SSSR count). The number of carbonyl (C=O) groups excluding carboxylic acids is 1. The Kier molecular flexibility index (Phi) is 5.68. The third kappa shape index (κ3) is 4.96. The fraction of sp³-hybridized carbons (Fsp3) is 0.450. The monoisotopic (exact) mass is 408 g/mol. The number of hydrogen-bond acceptors (Lipinski definition) is 5. The number of benzene rings is 1. The van der Waals surface area contributed by atoms with Crippen LogP contribution in [0.15, 0.2) is 36.7 Å². The molecule has 0 spiro atoms. The van der Waals surface area contributed by atoms with Crippen molar-refractivity contribution in [3.63, 3.8) is 0 Å². The third-order valence-corrected chi connectivity index (χ3v) is 4.42. The minimum Gasteiger partial charge on any atom is -0.444 e. The van der Waals surface area contributed by atoms with Gasteiger partial charge in [-0.1, -0.05) is 0 Å². The molecule has 2 aromatic rings. The summed E-state index contributed by atoms with van der Waals surface area (Å²) in [4.78, 5) is 23.7. The molecule has 0 aliphatic carbocycles. The molecular formula is C20H23F3N4O2. The van der Waals surface area contributed by atoms with E-state index < -0.39 is 17.3 Å². The van der Waals surface area contributed by atoms with Crippen molar-refractivity contribution in [2.24, 2.45) is 0 Å². The van der Waals surface area contributed by atoms with Crippen molar-refractivity contribution in [1.29, 1.82) is 0 Å². The maximum absolute atomic E-state index is 14.6. The number of piperazine rings is 1. The van der Waals surface area contributed by atoms with Crippen LogP contribution in [0.3, 0.4) is 0 Å². The molecule has 1 saturated heterocycles. The molecule has 0 bridgehead atoms. The van der Waals surface area contributed by atoms with Crippen LogP contribution in [-0.4, -0.2) is 52.7 Å². The molecule has 6 nitrogen and oxygen atoms in total. The molecular weight excluding hydrogens is 385 g/mol. The van der Waals surface area contributed by atoms with Crippen LogP contribution in [0.5, 0.6) is 0 Å². The minimum atomic E-state index is -3.33. The van der Waals surface area contributed by atoms with E-state index >= 15 is 0 Å². The van der Waals surface area contributed by atoms with Crippen LogP contribution in [0, 0.1) is 5.82 Å². The molecule has 0 N–H and O–H groups in total. The number of aromatic nitrogens is 2. The quantitative estimate of drug-likeness (QED) is 0.773. The summed E-state index contributed by atoms with van der Waals surface area (Å²) in [6.07, 6.45) is 1.77. The highest BCUT2D eigenvalue weighted by Crippen LogP contribution is 2.35. The number of hydrogen-bond donors (Lipinski definition) is 0. The summed E-state index contributed by atoms with van der Waals surface area (Å²) in [6.45, 7) is 7.19. The number of halogens is 3. The lowest BCUT2D eigenvalue weighted by Gasteiger charge is -2.35. The molecule has 1 aliphatic rings. The molecule has 1 aromatic heterocycles. The normalized spacial score (nSPS) is 15.4. The van der Waals surface area contributed by atoms with Crippen LogP contribution in [-0.2, 0) is 10.7 Å². The van der Waals surface area contributed by atoms with Gasteiger partial charge in [-0.15, -0.1) is 0 Å². The van der Waals surface area contributed by atoms with Crippen LogP contribution in [0.4, 0.5) is 23.9 Å². The predicted molar refractivity (Wildman–Crippen MR) is 101 cm³/mol. The summed E-state index contributed by atoms with van der Waals surface area (Å²) >= 11 is 0. The van der Waals surface area contributed by atoms with Crippen molar-refractivity contribution < 1.29 is 22.7 Å². The Morgan fingerprint density at radius 2 is 1.52 bits per heavy atom. The molecule has 29 heavy (non-hydrogen) atoms. The largest absolute Gasteiger partial charge is 0.444 e. The van der Waals surface area contributed by atoms with Crippen LogP contribution >= 0.6 is 0 Å². The first-order chi connectivity index (χ1) is 13.6. The molecule has 9 heteroatoms. The van der Waals surface area contributed by atoms with E-state index in [2.05, 4.69) is 9.97 Å². The van der Waals surface area contributed by atoms with E-state index in [9.17, 15) is 18.0 Å². The number of nitrogens with zero attached hydrogens (tertiary/aromatic N) is 4. The SMILES string of the molecule is CC(C)(C)OC(=O)N1CCN(c2ncc(C(F)(F)c3ccc(F)cc3)cn2)CC1. The fourth-order valence-electron chi connectivity index (χ4n) is 2.89. The van der Waals surface area contributed by atoms with Gasteiger partial charge in [0.1, 0.15) is 11.4 Å². The van der Waals surface area contributed by atoms with Crippen LogP contribution in [0.1, 0.15) is 31.9 Å². The minimum absolute atomic E-state index is 0.312. The summed E-state index contributed by atoms with van der Waals surface area (Å²) in [5.74, 6) is -3.60. The first kappa shape index (κ1) is 20.9. The predicted octanol–water partition coefficient (Wildman–Crippen LogP) is 3.81. The third-order valence-electron chi connectivity index (χ3n) is 4.42. The Bertz CT molecular complexity index is 844. The lowest BCUT2D eigenvalue weighted by Crippen LogP contribution is -2.50. The molecule has 0 unspecified atom stereocenters. The maximum atomic E-state index is 14.6. The molecule has 0 saturated carbocycles. The molecule has 1 fully saturated rings. The van der Waals surface area contributed by atoms with E-state index in [4.69, 9.17) is 4.74 Å². The summed E-state index contributed by atoms with van der Waals surface area (Å²) in [5.41, 5.74) is -1.27. The Balaban J connectivity index is 1.64. The highest BCUT2D eigenvalue weighted by molar-refractivity contribution is 5.68. The standard InChI is InChI=1S/C20H23F3N4O2/c1-19(2,3)29-18(28)27-10-8-26(9-11-27)17-24-12-15(13-25-17)20(22,23)14-4-6-16(21)7-5-14/h4-7,12-13H,8-11H2,1-3H3. The van der Waals surface area contributed by atoms with Gasteiger partial charge in [-0.25, -0.2) is 19.2 Å². The van der Waals surface area contributed by atoms with Gasteiger partial charge in [-0.2, -0.15) is 8.78 Å². The number of amides is 1. The van der Waals surface area contributed by atoms with Gasteiger partial charge >= 0.3 is 12.0 Å². The summed E-state index contributed by atoms with van der Waals surface area (Å²) in [7, 11) is 0. The van der Waals surface area contributed by atoms with Crippen molar-refractivity contribution >= 4 is 12.0 Å². The van der Waals surface area contributed by atoms with E-state index in [1.54, 1.807) is 25.7 Å². The second kappa shape index (κ2) is 7.88. The Hall–Kier alpha value is -2.84. The Morgan fingerprint density at radius 3 is 2.03 bits per heavy atom. The zero-order valence-electron chi connectivity index (χ0n) is 16.5. The van der Waals surface area contributed by atoms with E-state index in [1.807, 2.05) is 4.90 Å². The Morgan fingerprint density at radius 1 is 0.966 bits per heavy atom. The lowest BCUT2D eigenvalue weighted by atomic mass is 10.0. The second-order valence-electron chi connectivity index (χ2n) is 7.81. The molecule has 0 atom stereocenters. The van der Waals surface area contributed by atoms with Gasteiger partial charge in [0.15, 0.2) is 0 Å². The van der Waals surface area contributed by atoms with Crippen LogP contribution in [0.25, 0.3) is 0 Å². The van der Waals surface area contributed by atoms with Gasteiger partial charge in [-0.05, 0) is 45.0 Å². The number of alkyl halides is 2. The van der Waals surface area contributed by atoms with Gasteiger partial charge in [-0.3, -0.25) is 0 Å². The van der Waals surface area contributed by atoms with E-state index in [0.717, 1.165) is 36.7 Å². The van der Waals surface area contributed by atoms with Gasteiger partial charge in [0.05, 0.1) is 5.56 Å². The Labute approximate surface area is 167 Å². The van der Waals surface area contributed by atoms with Crippen molar-refractivity contribution in [2.45, 2.75) is 32.3 Å². The van der Waals surface area contributed by atoms with Gasteiger partial charge in [0.25, 0.3) is 0 Å². The highest BCUT2D eigenvalue weighted by atomic mass is 19.3. The number of ether oxygens (including phenoxy) is 1. The average molecular weight is 408 g/mol. The second-order valence-corrected chi connectivity index (χ2v) is 7.81. The summed E-state index contributed by atoms with van der Waals surface area (Å²) < 4.78 is 47.5. The topological polar surface area (TPSA) is 58.6 Å². The molecule has 2 heterocycles. The highest BCUT2D eigenvalue weighted by Gasteiger charge is 2.35. The van der Waals surface area contributed by atoms with Crippen molar-refractivity contribution in [1.82, 2.24) is 14.9 Å². The number of rotatable bonds is 3. The van der Waals surface area contributed by atoms with Gasteiger partial charge in [0.2, 0.25) is 5.95 Å². The molecule has 1 amide bonds. The van der Waals surface area contributed by atoms with Gasteiger partial charge in [0, 0.05) is 44.1 Å². The lowest BCUT2D eigenvalue weighted by molar-refractivity contribution is 0.0239. The van der Waals surface area contributed by atoms with Crippen molar-refractivity contribution in [3.8, 4) is 0 Å². The summed E-state index contributed by atoms with van der Waals surface area (Å²) in [5, 5.41) is 0. The van der Waals surface area contributed by atoms with Crippen molar-refractivity contribution in [3.05, 3.63) is 53.6 Å². The molecule has 1 aromatic carbocycles. The molecule has 1 aliphatic heterocycles. The van der Waals surface area contributed by atoms with Crippen LogP contribution < -0.4 is 4.90 Å². The summed E-state index contributed by atoms with van der Waals surface area (Å²) in [6, 6.07) is 4.06. The van der Waals surface area contributed by atoms with Gasteiger partial charge < -0.3 is 14.5 Å². The fourth-order valence-corrected chi connectivity index (χ4v) is 2.89. The smallest absolute Gasteiger partial charge is 0.410 e. The molecule has 0 radical (unpaired) electrons. The van der Waals surface area contributed by atoms with E-state index in [-0.39, 0.29) is 17.2 Å².